The van der Waals surface area contributed by atoms with Crippen LogP contribution in [0, 0.1) is 0 Å². The molecule has 2 aromatic rings. The van der Waals surface area contributed by atoms with Crippen molar-refractivity contribution in [3.8, 4) is 11.5 Å². The van der Waals surface area contributed by atoms with Gasteiger partial charge in [0.05, 0.1) is 0 Å². The summed E-state index contributed by atoms with van der Waals surface area (Å²) < 4.78 is 20.9. The Balaban J connectivity index is 2.24. The Bertz CT molecular complexity index is 1030. The summed E-state index contributed by atoms with van der Waals surface area (Å²) in [5, 5.41) is 2.54. The molecule has 0 heterocycles. The first kappa shape index (κ1) is 26.4. The first-order valence-electron chi connectivity index (χ1n) is 10.6. The minimum atomic E-state index is -1.09. The Kier molecular flexibility index (Phi) is 9.18. The average Bonchev–Trinajstić information content (AvgIpc) is 2.72. The van der Waals surface area contributed by atoms with Crippen LogP contribution < -0.4 is 14.8 Å². The van der Waals surface area contributed by atoms with E-state index in [-0.39, 0.29) is 24.5 Å². The number of benzene rings is 2. The van der Waals surface area contributed by atoms with E-state index in [0.717, 1.165) is 5.56 Å². The highest BCUT2D eigenvalue weighted by atomic mass is 16.6. The zero-order valence-corrected chi connectivity index (χ0v) is 19.9. The zero-order chi connectivity index (χ0) is 25.3. The predicted octanol–water partition coefficient (Wildman–Crippen LogP) is 3.72. The van der Waals surface area contributed by atoms with Gasteiger partial charge in [-0.15, -0.1) is 0 Å². The lowest BCUT2D eigenvalue weighted by atomic mass is 10.1. The molecule has 2 aromatic carbocycles. The highest BCUT2D eigenvalue weighted by Gasteiger charge is 2.26. The molecule has 34 heavy (non-hydrogen) atoms. The minimum Gasteiger partial charge on any atom is -0.459 e. The number of nitrogens with one attached hydrogen (secondary N) is 1. The highest BCUT2D eigenvalue weighted by Crippen LogP contribution is 2.29. The normalized spacial score (nSPS) is 11.7. The maximum Gasteiger partial charge on any atom is 0.408 e. The van der Waals surface area contributed by atoms with Gasteiger partial charge in [-0.25, -0.2) is 9.59 Å². The maximum absolute atomic E-state index is 12.8. The number of hydrogen-bond acceptors (Lipinski definition) is 8. The van der Waals surface area contributed by atoms with Crippen LogP contribution in [0.5, 0.6) is 11.5 Å². The number of esters is 3. The van der Waals surface area contributed by atoms with Crippen LogP contribution >= 0.6 is 0 Å². The molecule has 182 valence electrons. The van der Waals surface area contributed by atoms with Crippen molar-refractivity contribution in [2.24, 2.45) is 0 Å². The van der Waals surface area contributed by atoms with Crippen LogP contribution in [0.3, 0.4) is 0 Å². The van der Waals surface area contributed by atoms with Gasteiger partial charge < -0.3 is 24.3 Å². The molecule has 1 unspecified atom stereocenters. The van der Waals surface area contributed by atoms with Crippen LogP contribution in [0.2, 0.25) is 0 Å². The van der Waals surface area contributed by atoms with Crippen molar-refractivity contribution in [1.29, 1.82) is 0 Å². The lowest BCUT2D eigenvalue weighted by Crippen LogP contribution is -2.45. The van der Waals surface area contributed by atoms with Gasteiger partial charge in [0.2, 0.25) is 0 Å². The standard InChI is InChI=1S/C25H29NO8/c1-16(27)32-21-12-11-19(14-22(21)33-17(2)28)13-20(26-24(30)34-25(3,4)5)23(29)31-15-18-9-7-6-8-10-18/h6-12,14,20H,13,15H2,1-5H3,(H,26,30). The summed E-state index contributed by atoms with van der Waals surface area (Å²) in [6, 6.07) is 12.5. The fourth-order valence-corrected chi connectivity index (χ4v) is 2.86. The minimum absolute atomic E-state index is 0.00147. The number of amides is 1. The van der Waals surface area contributed by atoms with E-state index in [1.807, 2.05) is 30.3 Å². The Labute approximate surface area is 198 Å². The summed E-state index contributed by atoms with van der Waals surface area (Å²) in [7, 11) is 0. The Morgan fingerprint density at radius 1 is 0.853 bits per heavy atom. The van der Waals surface area contributed by atoms with Crippen molar-refractivity contribution >= 4 is 24.0 Å². The first-order chi connectivity index (χ1) is 15.9. The molecule has 0 fully saturated rings. The largest absolute Gasteiger partial charge is 0.459 e. The van der Waals surface area contributed by atoms with Crippen molar-refractivity contribution in [2.45, 2.75) is 59.3 Å². The van der Waals surface area contributed by atoms with Gasteiger partial charge in [-0.1, -0.05) is 36.4 Å². The van der Waals surface area contributed by atoms with Crippen molar-refractivity contribution in [1.82, 2.24) is 5.32 Å². The molecule has 1 N–H and O–H groups in total. The second-order valence-corrected chi connectivity index (χ2v) is 8.46. The monoisotopic (exact) mass is 471 g/mol. The maximum atomic E-state index is 12.8. The van der Waals surface area contributed by atoms with Gasteiger partial charge in [0.25, 0.3) is 0 Å². The van der Waals surface area contributed by atoms with Gasteiger partial charge in [-0.05, 0) is 44.0 Å². The fraction of sp³-hybridized carbons (Fsp3) is 0.360. The third-order valence-electron chi connectivity index (χ3n) is 4.15. The van der Waals surface area contributed by atoms with Gasteiger partial charge in [0.15, 0.2) is 11.5 Å². The molecule has 0 spiro atoms. The van der Waals surface area contributed by atoms with Crippen LogP contribution in [0.4, 0.5) is 4.79 Å². The highest BCUT2D eigenvalue weighted by molar-refractivity contribution is 5.82. The Morgan fingerprint density at radius 3 is 2.06 bits per heavy atom. The van der Waals surface area contributed by atoms with E-state index in [1.54, 1.807) is 26.8 Å². The molecular formula is C25H29NO8. The fourth-order valence-electron chi connectivity index (χ4n) is 2.86. The molecule has 1 amide bonds. The Hall–Kier alpha value is -3.88. The molecule has 2 rings (SSSR count). The number of carbonyl (C=O) groups excluding carboxylic acids is 4. The molecule has 9 heteroatoms. The molecular weight excluding hydrogens is 442 g/mol. The summed E-state index contributed by atoms with van der Waals surface area (Å²) >= 11 is 0. The van der Waals surface area contributed by atoms with Gasteiger partial charge in [0.1, 0.15) is 18.2 Å². The molecule has 9 nitrogen and oxygen atoms in total. The van der Waals surface area contributed by atoms with E-state index in [1.165, 1.54) is 26.0 Å². The third-order valence-corrected chi connectivity index (χ3v) is 4.15. The van der Waals surface area contributed by atoms with E-state index in [9.17, 15) is 19.2 Å². The number of alkyl carbamates (subject to hydrolysis) is 1. The van der Waals surface area contributed by atoms with Gasteiger partial charge in [-0.2, -0.15) is 0 Å². The van der Waals surface area contributed by atoms with Crippen molar-refractivity contribution < 1.29 is 38.1 Å². The summed E-state index contributed by atoms with van der Waals surface area (Å²) in [6.07, 6.45) is -0.785. The molecule has 0 saturated carbocycles. The topological polar surface area (TPSA) is 117 Å². The van der Waals surface area contributed by atoms with Crippen molar-refractivity contribution in [2.75, 3.05) is 0 Å². The number of hydrogen-bond donors (Lipinski definition) is 1. The molecule has 0 bridgehead atoms. The van der Waals surface area contributed by atoms with E-state index >= 15 is 0 Å². The van der Waals surface area contributed by atoms with E-state index < -0.39 is 35.6 Å². The molecule has 0 aliphatic heterocycles. The number of rotatable bonds is 8. The number of carbonyl (C=O) groups is 4. The van der Waals surface area contributed by atoms with Crippen LogP contribution in [-0.2, 0) is 36.9 Å². The SMILES string of the molecule is CC(=O)Oc1ccc(CC(NC(=O)OC(C)(C)C)C(=O)OCc2ccccc2)cc1OC(C)=O. The molecule has 0 aliphatic carbocycles. The first-order valence-corrected chi connectivity index (χ1v) is 10.6. The summed E-state index contributed by atoms with van der Waals surface area (Å²) in [6.45, 7) is 7.56. The summed E-state index contributed by atoms with van der Waals surface area (Å²) in [4.78, 5) is 48.0. The van der Waals surface area contributed by atoms with Crippen LogP contribution in [-0.4, -0.2) is 35.6 Å². The van der Waals surface area contributed by atoms with Crippen LogP contribution in [0.1, 0.15) is 45.7 Å². The smallest absolute Gasteiger partial charge is 0.408 e. The van der Waals surface area contributed by atoms with E-state index in [2.05, 4.69) is 5.32 Å². The average molecular weight is 472 g/mol. The van der Waals surface area contributed by atoms with E-state index in [0.29, 0.717) is 5.56 Å². The zero-order valence-electron chi connectivity index (χ0n) is 19.9. The Morgan fingerprint density at radius 2 is 1.47 bits per heavy atom. The van der Waals surface area contributed by atoms with Gasteiger partial charge in [0, 0.05) is 20.3 Å². The molecule has 1 atom stereocenters. The third kappa shape index (κ3) is 9.32. The van der Waals surface area contributed by atoms with Crippen LogP contribution in [0.15, 0.2) is 48.5 Å². The molecule has 0 saturated heterocycles. The molecule has 0 aliphatic rings. The molecule has 0 aromatic heterocycles. The second kappa shape index (κ2) is 11.8. The van der Waals surface area contributed by atoms with E-state index in [4.69, 9.17) is 18.9 Å². The van der Waals surface area contributed by atoms with Gasteiger partial charge >= 0.3 is 24.0 Å². The lowest BCUT2D eigenvalue weighted by molar-refractivity contribution is -0.147. The van der Waals surface area contributed by atoms with Gasteiger partial charge in [-0.3, -0.25) is 9.59 Å². The second-order valence-electron chi connectivity index (χ2n) is 8.46. The van der Waals surface area contributed by atoms with Crippen molar-refractivity contribution in [3.05, 3.63) is 59.7 Å². The van der Waals surface area contributed by atoms with Crippen LogP contribution in [0.25, 0.3) is 0 Å². The van der Waals surface area contributed by atoms with Crippen molar-refractivity contribution in [3.63, 3.8) is 0 Å². The lowest BCUT2D eigenvalue weighted by Gasteiger charge is -2.23. The number of ether oxygens (including phenoxy) is 4. The quantitative estimate of drug-likeness (QED) is 0.457. The molecule has 0 radical (unpaired) electrons. The summed E-state index contributed by atoms with van der Waals surface area (Å²) in [5.41, 5.74) is 0.538. The summed E-state index contributed by atoms with van der Waals surface area (Å²) in [5.74, 6) is -1.82. The predicted molar refractivity (Wildman–Crippen MR) is 122 cm³/mol.